The van der Waals surface area contributed by atoms with Gasteiger partial charge in [0.25, 0.3) is 0 Å². The molecule has 0 aliphatic heterocycles. The number of hydrogen-bond donors (Lipinski definition) is 3. The fraction of sp³-hybridized carbons (Fsp3) is 0.389. The summed E-state index contributed by atoms with van der Waals surface area (Å²) in [4.78, 5) is 15.4. The lowest BCUT2D eigenvalue weighted by Gasteiger charge is -2.12. The summed E-state index contributed by atoms with van der Waals surface area (Å²) in [7, 11) is 5.01. The summed E-state index contributed by atoms with van der Waals surface area (Å²) in [5.41, 5.74) is 5.08. The first kappa shape index (κ1) is 19.3. The van der Waals surface area contributed by atoms with Gasteiger partial charge in [-0.1, -0.05) is 12.1 Å². The minimum absolute atomic E-state index is 0.485. The van der Waals surface area contributed by atoms with Gasteiger partial charge in [-0.25, -0.2) is 4.79 Å². The van der Waals surface area contributed by atoms with Crippen molar-refractivity contribution in [1.29, 1.82) is 0 Å². The number of guanidine groups is 1. The average molecular weight is 358 g/mol. The van der Waals surface area contributed by atoms with Crippen LogP contribution in [-0.4, -0.2) is 36.0 Å². The maximum Gasteiger partial charge on any atom is 0.411 e. The third-order valence-electron chi connectivity index (χ3n) is 4.16. The quantitative estimate of drug-likeness (QED) is 0.562. The zero-order valence-corrected chi connectivity index (χ0v) is 15.9. The van der Waals surface area contributed by atoms with E-state index in [0.717, 1.165) is 17.0 Å². The fourth-order valence-electron chi connectivity index (χ4n) is 2.53. The molecule has 0 bridgehead atoms. The van der Waals surface area contributed by atoms with Crippen LogP contribution in [0, 0.1) is 13.8 Å². The van der Waals surface area contributed by atoms with Gasteiger partial charge in [0.05, 0.1) is 12.8 Å². The zero-order valence-electron chi connectivity index (χ0n) is 15.9. The van der Waals surface area contributed by atoms with Crippen LogP contribution >= 0.6 is 0 Å². The molecule has 0 aliphatic carbocycles. The number of carbonyl (C=O) groups is 1. The van der Waals surface area contributed by atoms with E-state index in [0.29, 0.717) is 24.7 Å². The molecule has 0 spiro atoms. The van der Waals surface area contributed by atoms with Crippen LogP contribution in [0.3, 0.4) is 0 Å². The maximum absolute atomic E-state index is 11.2. The summed E-state index contributed by atoms with van der Waals surface area (Å²) in [6.07, 6.45) is -0.485. The summed E-state index contributed by atoms with van der Waals surface area (Å²) in [6.45, 7) is 5.33. The summed E-state index contributed by atoms with van der Waals surface area (Å²) in [5, 5.41) is 13.6. The molecule has 1 aromatic heterocycles. The Morgan fingerprint density at radius 2 is 1.85 bits per heavy atom. The molecule has 0 fully saturated rings. The largest absolute Gasteiger partial charge is 0.453 e. The topological polar surface area (TPSA) is 92.6 Å². The number of hydrogen-bond acceptors (Lipinski definition) is 4. The van der Waals surface area contributed by atoms with Crippen molar-refractivity contribution in [2.45, 2.75) is 26.9 Å². The van der Waals surface area contributed by atoms with E-state index in [1.807, 2.05) is 42.9 Å². The second-order valence-corrected chi connectivity index (χ2v) is 5.87. The van der Waals surface area contributed by atoms with Crippen LogP contribution in [0.15, 0.2) is 29.3 Å². The summed E-state index contributed by atoms with van der Waals surface area (Å²) in [6, 6.07) is 7.51. The molecule has 8 nitrogen and oxygen atoms in total. The van der Waals surface area contributed by atoms with Gasteiger partial charge in [-0.15, -0.1) is 0 Å². The molecule has 0 saturated carbocycles. The van der Waals surface area contributed by atoms with Crippen LogP contribution in [0.25, 0.3) is 0 Å². The number of carbonyl (C=O) groups excluding carboxylic acids is 1. The normalized spacial score (nSPS) is 11.2. The molecular weight excluding hydrogens is 332 g/mol. The molecule has 140 valence electrons. The van der Waals surface area contributed by atoms with E-state index in [1.54, 1.807) is 7.05 Å². The number of amides is 1. The lowest BCUT2D eigenvalue weighted by molar-refractivity contribution is 0.187. The number of nitrogens with one attached hydrogen (secondary N) is 3. The molecule has 0 saturated heterocycles. The van der Waals surface area contributed by atoms with Crippen molar-refractivity contribution in [2.75, 3.05) is 19.5 Å². The number of rotatable bonds is 5. The minimum Gasteiger partial charge on any atom is -0.453 e. The summed E-state index contributed by atoms with van der Waals surface area (Å²) in [5.74, 6) is 0.712. The van der Waals surface area contributed by atoms with Crippen LogP contribution in [0.2, 0.25) is 0 Å². The Bertz CT molecular complexity index is 780. The number of benzene rings is 1. The molecule has 3 N–H and O–H groups in total. The maximum atomic E-state index is 11.2. The highest BCUT2D eigenvalue weighted by Crippen LogP contribution is 2.11. The number of nitrogens with zero attached hydrogens (tertiary/aromatic N) is 3. The molecule has 1 heterocycles. The lowest BCUT2D eigenvalue weighted by atomic mass is 10.2. The van der Waals surface area contributed by atoms with Crippen molar-refractivity contribution in [3.05, 3.63) is 46.8 Å². The Labute approximate surface area is 153 Å². The van der Waals surface area contributed by atoms with Crippen molar-refractivity contribution in [2.24, 2.45) is 12.0 Å². The highest BCUT2D eigenvalue weighted by atomic mass is 16.5. The first-order chi connectivity index (χ1) is 12.4. The number of aliphatic imine (C=N–C) groups is 1. The lowest BCUT2D eigenvalue weighted by Crippen LogP contribution is -2.36. The van der Waals surface area contributed by atoms with Crippen LogP contribution in [0.1, 0.15) is 22.5 Å². The van der Waals surface area contributed by atoms with Gasteiger partial charge in [0.1, 0.15) is 0 Å². The summed E-state index contributed by atoms with van der Waals surface area (Å²) < 4.78 is 6.45. The van der Waals surface area contributed by atoms with Crippen molar-refractivity contribution in [3.8, 4) is 0 Å². The average Bonchev–Trinajstić information content (AvgIpc) is 2.88. The van der Waals surface area contributed by atoms with Gasteiger partial charge in [0.15, 0.2) is 5.96 Å². The van der Waals surface area contributed by atoms with Crippen LogP contribution < -0.4 is 16.0 Å². The molecular formula is C18H26N6O2. The van der Waals surface area contributed by atoms with Gasteiger partial charge in [0.2, 0.25) is 0 Å². The van der Waals surface area contributed by atoms with Crippen LogP contribution in [0.5, 0.6) is 0 Å². The molecule has 2 rings (SSSR count). The Hall–Kier alpha value is -3.03. The Balaban J connectivity index is 1.87. The molecule has 1 amide bonds. The number of aromatic nitrogens is 2. The van der Waals surface area contributed by atoms with E-state index >= 15 is 0 Å². The van der Waals surface area contributed by atoms with E-state index in [1.165, 1.54) is 12.7 Å². The van der Waals surface area contributed by atoms with Gasteiger partial charge >= 0.3 is 6.09 Å². The molecule has 0 unspecified atom stereocenters. The zero-order chi connectivity index (χ0) is 19.1. The number of ether oxygens (including phenoxy) is 1. The van der Waals surface area contributed by atoms with E-state index in [2.05, 4.69) is 37.7 Å². The van der Waals surface area contributed by atoms with E-state index in [-0.39, 0.29) is 0 Å². The summed E-state index contributed by atoms with van der Waals surface area (Å²) >= 11 is 0. The van der Waals surface area contributed by atoms with Gasteiger partial charge in [-0.2, -0.15) is 5.10 Å². The molecule has 0 radical (unpaired) electrons. The van der Waals surface area contributed by atoms with Crippen molar-refractivity contribution < 1.29 is 9.53 Å². The molecule has 0 aliphatic rings. The van der Waals surface area contributed by atoms with Gasteiger partial charge < -0.3 is 15.4 Å². The van der Waals surface area contributed by atoms with E-state index < -0.39 is 6.09 Å². The van der Waals surface area contributed by atoms with Crippen LogP contribution in [-0.2, 0) is 24.9 Å². The minimum atomic E-state index is -0.485. The predicted molar refractivity (Wildman–Crippen MR) is 102 cm³/mol. The Morgan fingerprint density at radius 1 is 1.19 bits per heavy atom. The van der Waals surface area contributed by atoms with Crippen molar-refractivity contribution in [3.63, 3.8) is 0 Å². The second kappa shape index (κ2) is 8.89. The van der Waals surface area contributed by atoms with Gasteiger partial charge in [-0.05, 0) is 31.5 Å². The molecule has 26 heavy (non-hydrogen) atoms. The molecule has 0 atom stereocenters. The van der Waals surface area contributed by atoms with E-state index in [4.69, 9.17) is 0 Å². The van der Waals surface area contributed by atoms with Gasteiger partial charge in [0, 0.05) is 44.1 Å². The van der Waals surface area contributed by atoms with E-state index in [9.17, 15) is 4.79 Å². The second-order valence-electron chi connectivity index (χ2n) is 5.87. The Kier molecular flexibility index (Phi) is 6.60. The molecule has 2 aromatic rings. The molecule has 1 aromatic carbocycles. The van der Waals surface area contributed by atoms with Crippen molar-refractivity contribution >= 4 is 17.7 Å². The third-order valence-corrected chi connectivity index (χ3v) is 4.16. The van der Waals surface area contributed by atoms with Crippen molar-refractivity contribution in [1.82, 2.24) is 20.4 Å². The number of methoxy groups -OCH3 is 1. The van der Waals surface area contributed by atoms with Gasteiger partial charge in [-0.3, -0.25) is 15.0 Å². The molecule has 8 heteroatoms. The number of aryl methyl sites for hydroxylation is 2. The highest BCUT2D eigenvalue weighted by Gasteiger charge is 2.09. The SMILES string of the molecule is CN=C(NCc1ccc(NC(=O)OC)cc1)NCc1c(C)nn(C)c1C. The number of anilines is 1. The predicted octanol–water partition coefficient (Wildman–Crippen LogP) is 2.08. The third kappa shape index (κ3) is 4.98. The van der Waals surface area contributed by atoms with Crippen LogP contribution in [0.4, 0.5) is 10.5 Å². The highest BCUT2D eigenvalue weighted by molar-refractivity contribution is 5.84. The standard InChI is InChI=1S/C18H26N6O2/c1-12-16(13(2)24(4)23-12)11-21-17(19-3)20-10-14-6-8-15(9-7-14)22-18(25)26-5/h6-9H,10-11H2,1-5H3,(H,22,25)(H2,19,20,21). The Morgan fingerprint density at radius 3 is 2.38 bits per heavy atom. The first-order valence-electron chi connectivity index (χ1n) is 8.32. The fourth-order valence-corrected chi connectivity index (χ4v) is 2.53. The monoisotopic (exact) mass is 358 g/mol. The smallest absolute Gasteiger partial charge is 0.411 e. The first-order valence-corrected chi connectivity index (χ1v) is 8.32.